The van der Waals surface area contributed by atoms with Crippen molar-refractivity contribution in [2.75, 3.05) is 6.54 Å². The predicted octanol–water partition coefficient (Wildman–Crippen LogP) is 3.53. The van der Waals surface area contributed by atoms with Crippen molar-refractivity contribution >= 4 is 29.5 Å². The molecule has 0 spiro atoms. The van der Waals surface area contributed by atoms with Crippen molar-refractivity contribution in [2.24, 2.45) is 5.92 Å². The van der Waals surface area contributed by atoms with Gasteiger partial charge in [0, 0.05) is 16.9 Å². The van der Waals surface area contributed by atoms with Crippen molar-refractivity contribution < 1.29 is 14.4 Å². The maximum Gasteiger partial charge on any atom is 0.256 e. The zero-order valence-electron chi connectivity index (χ0n) is 19.5. The second-order valence-electron chi connectivity index (χ2n) is 9.53. The first-order valence-corrected chi connectivity index (χ1v) is 12.3. The predicted molar refractivity (Wildman–Crippen MR) is 131 cm³/mol. The molecule has 0 unspecified atom stereocenters. The van der Waals surface area contributed by atoms with Gasteiger partial charge in [-0.05, 0) is 43.4 Å². The van der Waals surface area contributed by atoms with Gasteiger partial charge in [0.1, 0.15) is 17.5 Å². The van der Waals surface area contributed by atoms with E-state index in [0.29, 0.717) is 12.1 Å². The van der Waals surface area contributed by atoms with Crippen molar-refractivity contribution in [3.63, 3.8) is 0 Å². The third kappa shape index (κ3) is 4.51. The fourth-order valence-corrected chi connectivity index (χ4v) is 6.24. The molecule has 0 aliphatic carbocycles. The Hall–Kier alpha value is -2.80. The fraction of sp³-hybridized carbons (Fsp3) is 0.423. The van der Waals surface area contributed by atoms with Crippen LogP contribution in [0.5, 0.6) is 0 Å². The number of fused-ring (bicyclic) bond motifs is 3. The number of hydrogen-bond acceptors (Lipinski definition) is 4. The van der Waals surface area contributed by atoms with Crippen LogP contribution >= 0.6 is 11.8 Å². The highest BCUT2D eigenvalue weighted by Gasteiger charge is 2.57. The number of amides is 3. The Labute approximate surface area is 199 Å². The Morgan fingerprint density at radius 1 is 1.06 bits per heavy atom. The number of hydrogen-bond donors (Lipinski definition) is 2. The minimum Gasteiger partial charge on any atom is -0.354 e. The molecule has 2 aliphatic rings. The van der Waals surface area contributed by atoms with Gasteiger partial charge in [0.2, 0.25) is 11.8 Å². The maximum absolute atomic E-state index is 13.5. The van der Waals surface area contributed by atoms with E-state index in [4.69, 9.17) is 0 Å². The second-order valence-corrected chi connectivity index (χ2v) is 11.3. The molecule has 2 N–H and O–H groups in total. The molecule has 174 valence electrons. The van der Waals surface area contributed by atoms with Crippen LogP contribution in [0.2, 0.25) is 0 Å². The van der Waals surface area contributed by atoms with Crippen LogP contribution in [0.25, 0.3) is 0 Å². The van der Waals surface area contributed by atoms with Crippen LogP contribution in [0.15, 0.2) is 54.6 Å². The van der Waals surface area contributed by atoms with Crippen molar-refractivity contribution in [3.05, 3.63) is 71.3 Å². The first-order chi connectivity index (χ1) is 15.7. The van der Waals surface area contributed by atoms with Crippen LogP contribution < -0.4 is 10.6 Å². The highest BCUT2D eigenvalue weighted by atomic mass is 32.2. The monoisotopic (exact) mass is 465 g/mol. The molecular formula is C26H31N3O3S. The van der Waals surface area contributed by atoms with Crippen molar-refractivity contribution in [3.8, 4) is 0 Å². The number of carbonyl (C=O) groups is 3. The molecule has 4 rings (SSSR count). The largest absolute Gasteiger partial charge is 0.354 e. The Balaban J connectivity index is 1.46. The lowest BCUT2D eigenvalue weighted by Crippen LogP contribution is -2.58. The third-order valence-electron chi connectivity index (χ3n) is 6.35. The van der Waals surface area contributed by atoms with E-state index in [1.54, 1.807) is 16.7 Å². The minimum atomic E-state index is -0.673. The average Bonchev–Trinajstić information content (AvgIpc) is 3.21. The summed E-state index contributed by atoms with van der Waals surface area (Å²) in [4.78, 5) is 41.3. The fourth-order valence-electron chi connectivity index (χ4n) is 4.66. The zero-order valence-corrected chi connectivity index (χ0v) is 20.3. The number of benzene rings is 2. The molecule has 2 aliphatic heterocycles. The van der Waals surface area contributed by atoms with E-state index in [-0.39, 0.29) is 29.0 Å². The molecule has 2 aromatic rings. The van der Waals surface area contributed by atoms with Gasteiger partial charge in [-0.15, -0.1) is 11.8 Å². The van der Waals surface area contributed by atoms with Gasteiger partial charge in [-0.25, -0.2) is 0 Å². The third-order valence-corrected chi connectivity index (χ3v) is 7.88. The van der Waals surface area contributed by atoms with Crippen LogP contribution in [-0.2, 0) is 16.0 Å². The molecule has 0 aromatic heterocycles. The SMILES string of the molecule is CC(C)[C@H](NC(=O)[C@@H]1N2C(=O)c3ccccc3[C@H]2SC1(C)C)C(=O)NCCc1ccccc1. The Morgan fingerprint density at radius 3 is 2.42 bits per heavy atom. The van der Waals surface area contributed by atoms with Crippen LogP contribution in [-0.4, -0.2) is 46.0 Å². The number of carbonyl (C=O) groups excluding carboxylic acids is 3. The highest BCUT2D eigenvalue weighted by molar-refractivity contribution is 8.01. The average molecular weight is 466 g/mol. The van der Waals surface area contributed by atoms with Crippen LogP contribution in [0.1, 0.15) is 54.6 Å². The van der Waals surface area contributed by atoms with E-state index in [2.05, 4.69) is 10.6 Å². The summed E-state index contributed by atoms with van der Waals surface area (Å²) in [5, 5.41) is 5.74. The highest BCUT2D eigenvalue weighted by Crippen LogP contribution is 2.56. The molecule has 7 heteroatoms. The summed E-state index contributed by atoms with van der Waals surface area (Å²) in [7, 11) is 0. The van der Waals surface area contributed by atoms with E-state index in [1.807, 2.05) is 82.3 Å². The Morgan fingerprint density at radius 2 is 1.73 bits per heavy atom. The van der Waals surface area contributed by atoms with Gasteiger partial charge in [-0.1, -0.05) is 62.4 Å². The summed E-state index contributed by atoms with van der Waals surface area (Å²) < 4.78 is -0.483. The van der Waals surface area contributed by atoms with Gasteiger partial charge < -0.3 is 15.5 Å². The second kappa shape index (κ2) is 9.21. The molecule has 0 saturated carbocycles. The molecule has 1 saturated heterocycles. The maximum atomic E-state index is 13.5. The lowest BCUT2D eigenvalue weighted by Gasteiger charge is -2.32. The van der Waals surface area contributed by atoms with E-state index >= 15 is 0 Å². The van der Waals surface area contributed by atoms with Gasteiger partial charge in [0.05, 0.1) is 0 Å². The van der Waals surface area contributed by atoms with E-state index in [1.165, 1.54) is 0 Å². The lowest BCUT2D eigenvalue weighted by molar-refractivity contribution is -0.132. The van der Waals surface area contributed by atoms with Crippen molar-refractivity contribution in [1.29, 1.82) is 0 Å². The molecule has 1 fully saturated rings. The van der Waals surface area contributed by atoms with Gasteiger partial charge in [-0.3, -0.25) is 14.4 Å². The number of nitrogens with zero attached hydrogens (tertiary/aromatic N) is 1. The van der Waals surface area contributed by atoms with Gasteiger partial charge in [-0.2, -0.15) is 0 Å². The Bertz CT molecular complexity index is 1050. The zero-order chi connectivity index (χ0) is 23.8. The number of thioether (sulfide) groups is 1. The molecule has 6 nitrogen and oxygen atoms in total. The van der Waals surface area contributed by atoms with Crippen LogP contribution in [0.4, 0.5) is 0 Å². The van der Waals surface area contributed by atoms with E-state index in [9.17, 15) is 14.4 Å². The van der Waals surface area contributed by atoms with Gasteiger partial charge in [0.25, 0.3) is 5.91 Å². The van der Waals surface area contributed by atoms with Gasteiger partial charge >= 0.3 is 0 Å². The smallest absolute Gasteiger partial charge is 0.256 e. The molecule has 2 aromatic carbocycles. The number of rotatable bonds is 7. The molecule has 33 heavy (non-hydrogen) atoms. The summed E-state index contributed by atoms with van der Waals surface area (Å²) >= 11 is 1.62. The summed E-state index contributed by atoms with van der Waals surface area (Å²) in [6, 6.07) is 16.2. The molecule has 2 heterocycles. The molecule has 0 bridgehead atoms. The van der Waals surface area contributed by atoms with Gasteiger partial charge in [0.15, 0.2) is 0 Å². The first kappa shape index (κ1) is 23.4. The topological polar surface area (TPSA) is 78.5 Å². The van der Waals surface area contributed by atoms with E-state index < -0.39 is 16.8 Å². The first-order valence-electron chi connectivity index (χ1n) is 11.4. The molecule has 3 amide bonds. The standard InChI is InChI=1S/C26H31N3O3S/c1-16(2)20(22(30)27-15-14-17-10-6-5-7-11-17)28-23(31)21-26(3,4)33-25-19-13-9-8-12-18(19)24(32)29(21)25/h5-13,16,20-21,25H,14-15H2,1-4H3,(H,27,30)(H,28,31)/t20-,21-,25+/m0/s1. The minimum absolute atomic E-state index is 0.0925. The van der Waals surface area contributed by atoms with Crippen molar-refractivity contribution in [2.45, 2.75) is 56.3 Å². The lowest BCUT2D eigenvalue weighted by atomic mass is 9.98. The molecule has 3 atom stereocenters. The normalized spacial score (nSPS) is 21.5. The van der Waals surface area contributed by atoms with Crippen LogP contribution in [0.3, 0.4) is 0 Å². The van der Waals surface area contributed by atoms with Crippen molar-refractivity contribution in [1.82, 2.24) is 15.5 Å². The van der Waals surface area contributed by atoms with Crippen LogP contribution in [0, 0.1) is 5.92 Å². The van der Waals surface area contributed by atoms with E-state index in [0.717, 1.165) is 17.5 Å². The molecule has 0 radical (unpaired) electrons. The summed E-state index contributed by atoms with van der Waals surface area (Å²) in [6.07, 6.45) is 0.722. The summed E-state index contributed by atoms with van der Waals surface area (Å²) in [5.74, 6) is -0.703. The molecular weight excluding hydrogens is 434 g/mol. The Kier molecular flexibility index (Phi) is 6.52. The summed E-state index contributed by atoms with van der Waals surface area (Å²) in [6.45, 7) is 8.29. The summed E-state index contributed by atoms with van der Waals surface area (Å²) in [5.41, 5.74) is 2.75. The quantitative estimate of drug-likeness (QED) is 0.656. The number of nitrogens with one attached hydrogen (secondary N) is 2.